The van der Waals surface area contributed by atoms with Crippen LogP contribution in [0.2, 0.25) is 0 Å². The fraction of sp³-hybridized carbons (Fsp3) is 0.125. The van der Waals surface area contributed by atoms with E-state index in [0.717, 1.165) is 12.1 Å². The third kappa shape index (κ3) is 2.20. The minimum atomic E-state index is -0.586. The first-order chi connectivity index (χ1) is 5.59. The fourth-order valence-electron chi connectivity index (χ4n) is 0.836. The summed E-state index contributed by atoms with van der Waals surface area (Å²) < 4.78 is 12.4. The molecule has 0 aromatic heterocycles. The number of hydrogen-bond acceptors (Lipinski definition) is 2. The third-order valence-corrected chi connectivity index (χ3v) is 1.51. The van der Waals surface area contributed by atoms with Crippen molar-refractivity contribution in [1.82, 2.24) is 0 Å². The van der Waals surface area contributed by atoms with Gasteiger partial charge in [0.05, 0.1) is 6.42 Å². The molecule has 1 aromatic carbocycles. The van der Waals surface area contributed by atoms with Crippen LogP contribution in [0.4, 0.5) is 4.39 Å². The summed E-state index contributed by atoms with van der Waals surface area (Å²) >= 11 is 5.08. The predicted octanol–water partition coefficient (Wildman–Crippen LogP) is 1.84. The summed E-state index contributed by atoms with van der Waals surface area (Å²) in [6, 6.07) is 3.43. The zero-order valence-corrected chi connectivity index (χ0v) is 6.81. The van der Waals surface area contributed by atoms with Gasteiger partial charge in [-0.25, -0.2) is 4.39 Å². The lowest BCUT2D eigenvalue weighted by Crippen LogP contribution is -1.93. The van der Waals surface area contributed by atoms with E-state index in [1.165, 1.54) is 6.07 Å². The molecule has 1 aromatic rings. The molecule has 0 aliphatic rings. The van der Waals surface area contributed by atoms with Gasteiger partial charge >= 0.3 is 0 Å². The van der Waals surface area contributed by atoms with Crippen LogP contribution in [0.1, 0.15) is 5.56 Å². The normalized spacial score (nSPS) is 9.83. The first-order valence-electron chi connectivity index (χ1n) is 3.25. The molecular weight excluding hydrogens is 183 g/mol. The van der Waals surface area contributed by atoms with Crippen LogP contribution in [0.25, 0.3) is 0 Å². The minimum Gasteiger partial charge on any atom is -0.508 e. The summed E-state index contributed by atoms with van der Waals surface area (Å²) in [6.45, 7) is 0. The molecule has 0 saturated heterocycles. The van der Waals surface area contributed by atoms with Crippen molar-refractivity contribution in [2.45, 2.75) is 6.42 Å². The molecule has 0 aliphatic heterocycles. The summed E-state index contributed by atoms with van der Waals surface area (Å²) in [7, 11) is 0. The summed E-state index contributed by atoms with van der Waals surface area (Å²) in [6.07, 6.45) is -0.0896. The maximum absolute atomic E-state index is 12.4. The van der Waals surface area contributed by atoms with Crippen molar-refractivity contribution in [3.63, 3.8) is 0 Å². The molecule has 12 heavy (non-hydrogen) atoms. The predicted molar refractivity (Wildman–Crippen MR) is 42.6 cm³/mol. The molecule has 4 heteroatoms. The molecule has 0 bridgehead atoms. The highest BCUT2D eigenvalue weighted by Crippen LogP contribution is 2.18. The molecule has 0 aliphatic carbocycles. The summed E-state index contributed by atoms with van der Waals surface area (Å²) in [5.41, 5.74) is 0.330. The molecule has 0 amide bonds. The van der Waals surface area contributed by atoms with Gasteiger partial charge in [-0.2, -0.15) is 0 Å². The molecule has 1 rings (SSSR count). The Morgan fingerprint density at radius 3 is 2.75 bits per heavy atom. The zero-order valence-electron chi connectivity index (χ0n) is 6.05. The summed E-state index contributed by atoms with van der Waals surface area (Å²) in [4.78, 5) is 10.4. The van der Waals surface area contributed by atoms with E-state index in [0.29, 0.717) is 5.56 Å². The Balaban J connectivity index is 2.93. The minimum absolute atomic E-state index is 0.0896. The topological polar surface area (TPSA) is 37.3 Å². The molecule has 2 nitrogen and oxygen atoms in total. The van der Waals surface area contributed by atoms with Gasteiger partial charge in [-0.05, 0) is 17.7 Å². The second kappa shape index (κ2) is 3.54. The average molecular weight is 189 g/mol. The SMILES string of the molecule is O=C(Cl)Cc1ccc(F)cc1O. The van der Waals surface area contributed by atoms with Gasteiger partial charge < -0.3 is 5.11 Å². The molecule has 0 radical (unpaired) electrons. The van der Waals surface area contributed by atoms with Crippen LogP contribution in [0.15, 0.2) is 18.2 Å². The van der Waals surface area contributed by atoms with Gasteiger partial charge in [0.1, 0.15) is 11.6 Å². The Labute approximate surface area is 73.6 Å². The van der Waals surface area contributed by atoms with Gasteiger partial charge in [0.2, 0.25) is 5.24 Å². The van der Waals surface area contributed by atoms with Crippen molar-refractivity contribution in [1.29, 1.82) is 0 Å². The number of aromatic hydroxyl groups is 1. The second-order valence-electron chi connectivity index (χ2n) is 2.30. The van der Waals surface area contributed by atoms with Crippen molar-refractivity contribution < 1.29 is 14.3 Å². The maximum Gasteiger partial charge on any atom is 0.226 e. The molecule has 0 fully saturated rings. The lowest BCUT2D eigenvalue weighted by Gasteiger charge is -1.99. The Morgan fingerprint density at radius 1 is 1.58 bits per heavy atom. The Kier molecular flexibility index (Phi) is 2.65. The molecule has 0 atom stereocenters. The average Bonchev–Trinajstić information content (AvgIpc) is 1.94. The third-order valence-electron chi connectivity index (χ3n) is 1.38. The number of benzene rings is 1. The van der Waals surface area contributed by atoms with Crippen molar-refractivity contribution >= 4 is 16.8 Å². The molecule has 0 unspecified atom stereocenters. The molecule has 0 heterocycles. The van der Waals surface area contributed by atoms with Crippen LogP contribution in [-0.4, -0.2) is 10.3 Å². The zero-order chi connectivity index (χ0) is 9.14. The summed E-state index contributed by atoms with van der Waals surface area (Å²) in [5.74, 6) is -0.790. The van der Waals surface area contributed by atoms with Crippen LogP contribution >= 0.6 is 11.6 Å². The molecule has 0 spiro atoms. The molecule has 0 saturated carbocycles. The van der Waals surface area contributed by atoms with Crippen molar-refractivity contribution in [2.24, 2.45) is 0 Å². The van der Waals surface area contributed by atoms with Gasteiger partial charge in [-0.15, -0.1) is 0 Å². The van der Waals surface area contributed by atoms with E-state index in [2.05, 4.69) is 0 Å². The maximum atomic E-state index is 12.4. The highest BCUT2D eigenvalue weighted by Gasteiger charge is 2.05. The van der Waals surface area contributed by atoms with E-state index in [4.69, 9.17) is 16.7 Å². The molecule has 64 valence electrons. The van der Waals surface area contributed by atoms with Crippen LogP contribution in [-0.2, 0) is 11.2 Å². The second-order valence-corrected chi connectivity index (χ2v) is 2.73. The van der Waals surface area contributed by atoms with Crippen LogP contribution < -0.4 is 0 Å². The lowest BCUT2D eigenvalue weighted by molar-refractivity contribution is -0.111. The number of carbonyl (C=O) groups is 1. The van der Waals surface area contributed by atoms with Gasteiger partial charge in [-0.1, -0.05) is 6.07 Å². The van der Waals surface area contributed by atoms with E-state index < -0.39 is 11.1 Å². The number of phenols is 1. The number of carbonyl (C=O) groups excluding carboxylic acids is 1. The monoisotopic (exact) mass is 188 g/mol. The van der Waals surface area contributed by atoms with Gasteiger partial charge in [0.15, 0.2) is 0 Å². The number of phenolic OH excluding ortho intramolecular Hbond substituents is 1. The van der Waals surface area contributed by atoms with E-state index in [-0.39, 0.29) is 12.2 Å². The van der Waals surface area contributed by atoms with Crippen LogP contribution in [0.3, 0.4) is 0 Å². The smallest absolute Gasteiger partial charge is 0.226 e. The number of rotatable bonds is 2. The highest BCUT2D eigenvalue weighted by atomic mass is 35.5. The first-order valence-corrected chi connectivity index (χ1v) is 3.63. The van der Waals surface area contributed by atoms with Crippen molar-refractivity contribution in [3.8, 4) is 5.75 Å². The Morgan fingerprint density at radius 2 is 2.25 bits per heavy atom. The Bertz CT molecular complexity index is 312. The van der Waals surface area contributed by atoms with Crippen molar-refractivity contribution in [2.75, 3.05) is 0 Å². The standard InChI is InChI=1S/C8H6ClFO2/c9-8(12)3-5-1-2-6(10)4-7(5)11/h1-2,4,11H,3H2. The van der Waals surface area contributed by atoms with Crippen LogP contribution in [0, 0.1) is 5.82 Å². The number of hydrogen-bond donors (Lipinski definition) is 1. The largest absolute Gasteiger partial charge is 0.508 e. The quantitative estimate of drug-likeness (QED) is 0.720. The van der Waals surface area contributed by atoms with Gasteiger partial charge in [-0.3, -0.25) is 4.79 Å². The highest BCUT2D eigenvalue weighted by molar-refractivity contribution is 6.63. The van der Waals surface area contributed by atoms with Gasteiger partial charge in [0, 0.05) is 11.6 Å². The summed E-state index contributed by atoms with van der Waals surface area (Å²) in [5, 5.41) is 8.50. The lowest BCUT2D eigenvalue weighted by atomic mass is 10.1. The first kappa shape index (κ1) is 9.00. The van der Waals surface area contributed by atoms with Crippen molar-refractivity contribution in [3.05, 3.63) is 29.6 Å². The van der Waals surface area contributed by atoms with E-state index in [1.54, 1.807) is 0 Å². The molecular formula is C8H6ClFO2. The van der Waals surface area contributed by atoms with Crippen LogP contribution in [0.5, 0.6) is 5.75 Å². The van der Waals surface area contributed by atoms with E-state index in [1.807, 2.05) is 0 Å². The fourth-order valence-corrected chi connectivity index (χ4v) is 0.980. The number of halogens is 2. The van der Waals surface area contributed by atoms with E-state index >= 15 is 0 Å². The van der Waals surface area contributed by atoms with Gasteiger partial charge in [0.25, 0.3) is 0 Å². The van der Waals surface area contributed by atoms with E-state index in [9.17, 15) is 9.18 Å². The Hall–Kier alpha value is -1.09. The molecule has 1 N–H and O–H groups in total.